The van der Waals surface area contributed by atoms with E-state index in [4.69, 9.17) is 11.1 Å². The molecular formula is C11H11BrN4. The van der Waals surface area contributed by atoms with E-state index in [9.17, 15) is 0 Å². The van der Waals surface area contributed by atoms with Crippen molar-refractivity contribution in [2.45, 2.75) is 6.92 Å². The van der Waals surface area contributed by atoms with Crippen LogP contribution in [0.5, 0.6) is 0 Å². The van der Waals surface area contributed by atoms with Gasteiger partial charge in [-0.15, -0.1) is 0 Å². The van der Waals surface area contributed by atoms with Crippen LogP contribution >= 0.6 is 15.9 Å². The van der Waals surface area contributed by atoms with Crippen molar-refractivity contribution in [3.05, 3.63) is 46.2 Å². The zero-order valence-electron chi connectivity index (χ0n) is 8.74. The van der Waals surface area contributed by atoms with Gasteiger partial charge in [0, 0.05) is 10.7 Å². The van der Waals surface area contributed by atoms with Crippen LogP contribution in [0.15, 0.2) is 35.1 Å². The molecule has 4 nitrogen and oxygen atoms in total. The summed E-state index contributed by atoms with van der Waals surface area (Å²) in [5, 5.41) is 11.8. The molecule has 1 aromatic carbocycles. The van der Waals surface area contributed by atoms with Gasteiger partial charge in [0.1, 0.15) is 5.84 Å². The third-order valence-corrected chi connectivity index (χ3v) is 2.88. The Morgan fingerprint density at radius 1 is 1.50 bits per heavy atom. The van der Waals surface area contributed by atoms with E-state index >= 15 is 0 Å². The van der Waals surface area contributed by atoms with Gasteiger partial charge in [0.15, 0.2) is 0 Å². The largest absolute Gasteiger partial charge is 0.384 e. The molecular weight excluding hydrogens is 268 g/mol. The molecule has 0 unspecified atom stereocenters. The number of benzene rings is 1. The number of nitrogens with two attached hydrogens (primary N) is 1. The molecule has 0 saturated carbocycles. The van der Waals surface area contributed by atoms with E-state index in [1.807, 2.05) is 31.3 Å². The average molecular weight is 279 g/mol. The van der Waals surface area contributed by atoms with Gasteiger partial charge in [0.25, 0.3) is 0 Å². The minimum Gasteiger partial charge on any atom is -0.384 e. The molecule has 0 atom stereocenters. The molecule has 1 heterocycles. The van der Waals surface area contributed by atoms with Gasteiger partial charge in [0.05, 0.1) is 17.4 Å². The molecule has 0 amide bonds. The van der Waals surface area contributed by atoms with Crippen molar-refractivity contribution in [2.24, 2.45) is 5.73 Å². The van der Waals surface area contributed by atoms with Crippen LogP contribution in [0.25, 0.3) is 5.69 Å². The first-order valence-corrected chi connectivity index (χ1v) is 5.53. The summed E-state index contributed by atoms with van der Waals surface area (Å²) < 4.78 is 2.52. The molecule has 0 spiro atoms. The fourth-order valence-corrected chi connectivity index (χ4v) is 2.08. The number of nitrogens with one attached hydrogen (secondary N) is 1. The molecule has 0 aliphatic rings. The van der Waals surface area contributed by atoms with Crippen LogP contribution in [0.3, 0.4) is 0 Å². The average Bonchev–Trinajstić information content (AvgIpc) is 2.63. The van der Waals surface area contributed by atoms with E-state index in [0.717, 1.165) is 15.7 Å². The van der Waals surface area contributed by atoms with Crippen LogP contribution in [0.1, 0.15) is 11.1 Å². The summed E-state index contributed by atoms with van der Waals surface area (Å²) in [6.45, 7) is 1.97. The second-order valence-corrected chi connectivity index (χ2v) is 4.36. The summed E-state index contributed by atoms with van der Waals surface area (Å²) in [5.74, 6) is 0.0237. The van der Waals surface area contributed by atoms with E-state index in [1.165, 1.54) is 0 Å². The lowest BCUT2D eigenvalue weighted by Gasteiger charge is -2.09. The monoisotopic (exact) mass is 278 g/mol. The number of aryl methyl sites for hydroxylation is 1. The van der Waals surface area contributed by atoms with Gasteiger partial charge >= 0.3 is 0 Å². The molecule has 0 aliphatic carbocycles. The highest BCUT2D eigenvalue weighted by Gasteiger charge is 2.11. The van der Waals surface area contributed by atoms with Crippen molar-refractivity contribution in [1.82, 2.24) is 9.78 Å². The van der Waals surface area contributed by atoms with Crippen molar-refractivity contribution in [2.75, 3.05) is 0 Å². The minimum atomic E-state index is 0.0237. The number of amidine groups is 1. The summed E-state index contributed by atoms with van der Waals surface area (Å²) in [7, 11) is 0. The Bertz CT molecular complexity index is 545. The lowest BCUT2D eigenvalue weighted by Crippen LogP contribution is -2.15. The highest BCUT2D eigenvalue weighted by atomic mass is 79.9. The van der Waals surface area contributed by atoms with Crippen molar-refractivity contribution >= 4 is 21.8 Å². The molecule has 0 bridgehead atoms. The van der Waals surface area contributed by atoms with Crippen LogP contribution in [0.2, 0.25) is 0 Å². The molecule has 2 aromatic rings. The number of rotatable bonds is 2. The Morgan fingerprint density at radius 3 is 2.81 bits per heavy atom. The van der Waals surface area contributed by atoms with Crippen LogP contribution in [0.4, 0.5) is 0 Å². The Hall–Kier alpha value is -1.62. The second kappa shape index (κ2) is 4.09. The first kappa shape index (κ1) is 10.9. The normalized spacial score (nSPS) is 10.4. The predicted molar refractivity (Wildman–Crippen MR) is 67.0 cm³/mol. The maximum atomic E-state index is 7.58. The van der Waals surface area contributed by atoms with E-state index in [1.54, 1.807) is 10.9 Å². The Morgan fingerprint density at radius 2 is 2.25 bits per heavy atom. The standard InChI is InChI=1S/C11H11BrN4/c1-7-5-15-16(6-7)9-4-2-3-8(12)10(9)11(13)14/h2-6H,1H3,(H3,13,14). The molecule has 2 rings (SSSR count). The highest BCUT2D eigenvalue weighted by molar-refractivity contribution is 9.10. The SMILES string of the molecule is Cc1cnn(-c2cccc(Br)c2C(=N)N)c1. The third-order valence-electron chi connectivity index (χ3n) is 2.22. The van der Waals surface area contributed by atoms with Gasteiger partial charge < -0.3 is 5.73 Å². The summed E-state index contributed by atoms with van der Waals surface area (Å²) in [6.07, 6.45) is 3.67. The number of nitrogen functional groups attached to an aromatic ring is 1. The van der Waals surface area contributed by atoms with E-state index in [2.05, 4.69) is 21.0 Å². The maximum absolute atomic E-state index is 7.58. The minimum absolute atomic E-state index is 0.0237. The third kappa shape index (κ3) is 1.86. The molecule has 0 saturated heterocycles. The van der Waals surface area contributed by atoms with Crippen molar-refractivity contribution in [3.63, 3.8) is 0 Å². The van der Waals surface area contributed by atoms with Crippen LogP contribution < -0.4 is 5.73 Å². The topological polar surface area (TPSA) is 67.7 Å². The van der Waals surface area contributed by atoms with E-state index < -0.39 is 0 Å². The molecule has 16 heavy (non-hydrogen) atoms. The van der Waals surface area contributed by atoms with Crippen LogP contribution in [-0.2, 0) is 0 Å². The summed E-state index contributed by atoms with van der Waals surface area (Å²) >= 11 is 3.39. The maximum Gasteiger partial charge on any atom is 0.126 e. The molecule has 0 fully saturated rings. The Kier molecular flexibility index (Phi) is 2.78. The molecule has 1 aromatic heterocycles. The van der Waals surface area contributed by atoms with E-state index in [-0.39, 0.29) is 5.84 Å². The predicted octanol–water partition coefficient (Wildman–Crippen LogP) is 2.23. The van der Waals surface area contributed by atoms with Gasteiger partial charge in [-0.2, -0.15) is 5.10 Å². The van der Waals surface area contributed by atoms with Gasteiger partial charge in [-0.1, -0.05) is 6.07 Å². The van der Waals surface area contributed by atoms with Crippen molar-refractivity contribution < 1.29 is 0 Å². The molecule has 3 N–H and O–H groups in total. The Balaban J connectivity index is 2.65. The number of nitrogens with zero attached hydrogens (tertiary/aromatic N) is 2. The van der Waals surface area contributed by atoms with Crippen molar-refractivity contribution in [3.8, 4) is 5.69 Å². The number of hydrogen-bond donors (Lipinski definition) is 2. The van der Waals surface area contributed by atoms with Gasteiger partial charge in [-0.05, 0) is 40.5 Å². The van der Waals surface area contributed by atoms with Crippen molar-refractivity contribution in [1.29, 1.82) is 5.41 Å². The molecule has 82 valence electrons. The Labute approximate surface area is 102 Å². The highest BCUT2D eigenvalue weighted by Crippen LogP contribution is 2.23. The zero-order chi connectivity index (χ0) is 11.7. The number of hydrogen-bond acceptors (Lipinski definition) is 2. The fourth-order valence-electron chi connectivity index (χ4n) is 1.51. The lowest BCUT2D eigenvalue weighted by atomic mass is 10.1. The fraction of sp³-hybridized carbons (Fsp3) is 0.0909. The first-order chi connectivity index (χ1) is 7.59. The quantitative estimate of drug-likeness (QED) is 0.653. The smallest absolute Gasteiger partial charge is 0.126 e. The second-order valence-electron chi connectivity index (χ2n) is 3.51. The molecule has 5 heteroatoms. The summed E-state index contributed by atoms with van der Waals surface area (Å²) in [6, 6.07) is 5.63. The number of aromatic nitrogens is 2. The van der Waals surface area contributed by atoms with Gasteiger partial charge in [0.2, 0.25) is 0 Å². The zero-order valence-corrected chi connectivity index (χ0v) is 10.3. The number of halogens is 1. The van der Waals surface area contributed by atoms with E-state index in [0.29, 0.717) is 5.56 Å². The lowest BCUT2D eigenvalue weighted by molar-refractivity contribution is 0.876. The summed E-state index contributed by atoms with van der Waals surface area (Å²) in [5.41, 5.74) is 8.09. The summed E-state index contributed by atoms with van der Waals surface area (Å²) in [4.78, 5) is 0. The van der Waals surface area contributed by atoms with Crippen LogP contribution in [-0.4, -0.2) is 15.6 Å². The van der Waals surface area contributed by atoms with Crippen LogP contribution in [0, 0.1) is 12.3 Å². The van der Waals surface area contributed by atoms with Gasteiger partial charge in [-0.25, -0.2) is 4.68 Å². The molecule has 0 radical (unpaired) electrons. The molecule has 0 aliphatic heterocycles. The van der Waals surface area contributed by atoms with Gasteiger partial charge in [-0.3, -0.25) is 5.41 Å². The first-order valence-electron chi connectivity index (χ1n) is 4.74.